The van der Waals surface area contributed by atoms with Gasteiger partial charge in [0.1, 0.15) is 11.5 Å². The molecular weight excluding hydrogens is 272 g/mol. The Morgan fingerprint density at radius 3 is 1.86 bits per heavy atom. The van der Waals surface area contributed by atoms with E-state index in [0.717, 1.165) is 11.5 Å². The van der Waals surface area contributed by atoms with E-state index in [2.05, 4.69) is 54.6 Å². The Morgan fingerprint density at radius 1 is 0.619 bits per heavy atom. The summed E-state index contributed by atoms with van der Waals surface area (Å²) in [5.41, 5.74) is 1.39. The Hall–Kier alpha value is -2.32. The maximum atomic E-state index is 5.81. The quantitative estimate of drug-likeness (QED) is 0.654. The largest absolute Gasteiger partial charge is 0.457 e. The van der Waals surface area contributed by atoms with Crippen LogP contribution in [0, 0.1) is 0 Å². The van der Waals surface area contributed by atoms with Crippen molar-refractivity contribution in [3.63, 3.8) is 0 Å². The number of hydrogen-bond donors (Lipinski definition) is 0. The van der Waals surface area contributed by atoms with Crippen molar-refractivity contribution >= 4 is 14.7 Å². The van der Waals surface area contributed by atoms with E-state index in [1.54, 1.807) is 0 Å². The molecule has 0 aromatic heterocycles. The third-order valence-electron chi connectivity index (χ3n) is 3.45. The molecule has 3 aromatic carbocycles. The molecule has 0 N–H and O–H groups in total. The first-order valence-corrected chi connectivity index (χ1v) is 8.97. The zero-order valence-electron chi connectivity index (χ0n) is 11.9. The molecule has 104 valence electrons. The van der Waals surface area contributed by atoms with Gasteiger partial charge < -0.3 is 4.74 Å². The van der Waals surface area contributed by atoms with Gasteiger partial charge in [-0.15, -0.1) is 0 Å². The lowest BCUT2D eigenvalue weighted by atomic mass is 10.2. The van der Waals surface area contributed by atoms with Crippen molar-refractivity contribution in [1.82, 2.24) is 0 Å². The lowest BCUT2D eigenvalue weighted by Gasteiger charge is -2.06. The normalized spacial score (nSPS) is 10.9. The number of rotatable bonds is 5. The summed E-state index contributed by atoms with van der Waals surface area (Å²) in [6.07, 6.45) is 0. The van der Waals surface area contributed by atoms with Gasteiger partial charge >= 0.3 is 0 Å². The minimum absolute atomic E-state index is 0.220. The molecule has 0 atom stereocenters. The molecule has 0 unspecified atom stereocenters. The number of benzene rings is 3. The Labute approximate surface area is 128 Å². The fraction of sp³-hybridized carbons (Fsp3) is 0.0526. The highest BCUT2D eigenvalue weighted by Gasteiger charge is 1.99. The summed E-state index contributed by atoms with van der Waals surface area (Å²) in [5, 5.41) is 1.52. The van der Waals surface area contributed by atoms with E-state index in [-0.39, 0.29) is 9.52 Å². The van der Waals surface area contributed by atoms with E-state index in [4.69, 9.17) is 4.74 Å². The molecule has 0 saturated carbocycles. The van der Waals surface area contributed by atoms with Gasteiger partial charge in [-0.2, -0.15) is 0 Å². The third kappa shape index (κ3) is 4.07. The second-order valence-corrected chi connectivity index (χ2v) is 6.86. The van der Waals surface area contributed by atoms with Crippen molar-refractivity contribution in [2.75, 3.05) is 0 Å². The summed E-state index contributed by atoms with van der Waals surface area (Å²) in [4.78, 5) is 0. The summed E-state index contributed by atoms with van der Waals surface area (Å²) in [6.45, 7) is 0. The molecule has 0 fully saturated rings. The van der Waals surface area contributed by atoms with Crippen LogP contribution in [0.2, 0.25) is 0 Å². The predicted octanol–water partition coefficient (Wildman–Crippen LogP) is 3.47. The van der Waals surface area contributed by atoms with Gasteiger partial charge in [0.15, 0.2) is 0 Å². The van der Waals surface area contributed by atoms with Crippen molar-refractivity contribution < 1.29 is 4.74 Å². The monoisotopic (exact) mass is 290 g/mol. The van der Waals surface area contributed by atoms with Gasteiger partial charge in [0.05, 0.1) is 9.52 Å². The van der Waals surface area contributed by atoms with Gasteiger partial charge in [0.2, 0.25) is 0 Å². The standard InChI is InChI=1S/C19H18OSi/c1-3-7-17(8-4-1)20-18-13-11-16(12-14-18)15-21-19-9-5-2-6-10-19/h1-14H,15,21H2. The Balaban J connectivity index is 1.59. The summed E-state index contributed by atoms with van der Waals surface area (Å²) in [6, 6.07) is 30.3. The van der Waals surface area contributed by atoms with Crippen LogP contribution in [0.3, 0.4) is 0 Å². The number of para-hydroxylation sites is 1. The second kappa shape index (κ2) is 6.91. The molecule has 0 aliphatic rings. The molecule has 0 heterocycles. The maximum absolute atomic E-state index is 5.81. The molecule has 1 nitrogen and oxygen atoms in total. The lowest BCUT2D eigenvalue weighted by Crippen LogP contribution is -2.15. The van der Waals surface area contributed by atoms with Crippen LogP contribution in [0.1, 0.15) is 5.56 Å². The van der Waals surface area contributed by atoms with E-state index in [9.17, 15) is 0 Å². The van der Waals surface area contributed by atoms with Crippen molar-refractivity contribution in [2.24, 2.45) is 0 Å². The van der Waals surface area contributed by atoms with Gasteiger partial charge in [-0.05, 0) is 30.3 Å². The average molecular weight is 290 g/mol. The summed E-state index contributed by atoms with van der Waals surface area (Å²) >= 11 is 0. The van der Waals surface area contributed by atoms with Gasteiger partial charge in [-0.3, -0.25) is 0 Å². The first kappa shape index (κ1) is 13.7. The van der Waals surface area contributed by atoms with Crippen LogP contribution in [0.4, 0.5) is 0 Å². The van der Waals surface area contributed by atoms with Gasteiger partial charge in [-0.25, -0.2) is 0 Å². The van der Waals surface area contributed by atoms with Crippen molar-refractivity contribution in [3.05, 3.63) is 90.5 Å². The minimum Gasteiger partial charge on any atom is -0.457 e. The van der Waals surface area contributed by atoms with E-state index in [1.165, 1.54) is 16.8 Å². The third-order valence-corrected chi connectivity index (χ3v) is 5.32. The van der Waals surface area contributed by atoms with Crippen LogP contribution in [-0.4, -0.2) is 9.52 Å². The Morgan fingerprint density at radius 2 is 1.19 bits per heavy atom. The smallest absolute Gasteiger partial charge is 0.127 e. The number of ether oxygens (including phenoxy) is 1. The van der Waals surface area contributed by atoms with E-state index < -0.39 is 0 Å². The molecule has 2 heteroatoms. The van der Waals surface area contributed by atoms with Crippen LogP contribution in [0.15, 0.2) is 84.9 Å². The highest BCUT2D eigenvalue weighted by Crippen LogP contribution is 2.21. The minimum atomic E-state index is -0.220. The van der Waals surface area contributed by atoms with Gasteiger partial charge in [0.25, 0.3) is 0 Å². The SMILES string of the molecule is c1ccc(Oc2ccc(C[SiH2]c3ccccc3)cc2)cc1. The molecule has 0 spiro atoms. The van der Waals surface area contributed by atoms with Crippen molar-refractivity contribution in [1.29, 1.82) is 0 Å². The van der Waals surface area contributed by atoms with Crippen LogP contribution in [-0.2, 0) is 6.04 Å². The van der Waals surface area contributed by atoms with Crippen LogP contribution < -0.4 is 9.92 Å². The highest BCUT2D eigenvalue weighted by atomic mass is 28.2. The molecule has 0 radical (unpaired) electrons. The fourth-order valence-corrected chi connectivity index (χ4v) is 3.80. The summed E-state index contributed by atoms with van der Waals surface area (Å²) in [7, 11) is -0.220. The van der Waals surface area contributed by atoms with Crippen LogP contribution in [0.25, 0.3) is 0 Å². The number of hydrogen-bond acceptors (Lipinski definition) is 1. The highest BCUT2D eigenvalue weighted by molar-refractivity contribution is 6.52. The second-order valence-electron chi connectivity index (χ2n) is 5.04. The Kier molecular flexibility index (Phi) is 4.49. The van der Waals surface area contributed by atoms with E-state index >= 15 is 0 Å². The maximum Gasteiger partial charge on any atom is 0.127 e. The van der Waals surface area contributed by atoms with Gasteiger partial charge in [-0.1, -0.05) is 71.4 Å². The van der Waals surface area contributed by atoms with E-state index in [1.807, 2.05) is 30.3 Å². The lowest BCUT2D eigenvalue weighted by molar-refractivity contribution is 0.482. The van der Waals surface area contributed by atoms with Crippen molar-refractivity contribution in [2.45, 2.75) is 6.04 Å². The zero-order chi connectivity index (χ0) is 14.3. The molecule has 0 bridgehead atoms. The zero-order valence-corrected chi connectivity index (χ0v) is 13.3. The first-order valence-electron chi connectivity index (χ1n) is 7.26. The van der Waals surface area contributed by atoms with E-state index in [0.29, 0.717) is 0 Å². The molecule has 3 rings (SSSR count). The molecule has 21 heavy (non-hydrogen) atoms. The first-order chi connectivity index (χ1) is 10.4. The predicted molar refractivity (Wildman–Crippen MR) is 91.3 cm³/mol. The molecule has 3 aromatic rings. The average Bonchev–Trinajstić information content (AvgIpc) is 2.56. The molecule has 0 amide bonds. The molecule has 0 saturated heterocycles. The molecule has 0 aliphatic heterocycles. The Bertz CT molecular complexity index is 663. The van der Waals surface area contributed by atoms with Crippen LogP contribution >= 0.6 is 0 Å². The molecular formula is C19H18OSi. The van der Waals surface area contributed by atoms with Crippen LogP contribution in [0.5, 0.6) is 11.5 Å². The van der Waals surface area contributed by atoms with Crippen molar-refractivity contribution in [3.8, 4) is 11.5 Å². The topological polar surface area (TPSA) is 9.23 Å². The molecule has 0 aliphatic carbocycles. The van der Waals surface area contributed by atoms with Gasteiger partial charge in [0, 0.05) is 0 Å². The summed E-state index contributed by atoms with van der Waals surface area (Å²) in [5.74, 6) is 1.77. The summed E-state index contributed by atoms with van der Waals surface area (Å²) < 4.78 is 5.81. The fourth-order valence-electron chi connectivity index (χ4n) is 2.28.